The van der Waals surface area contributed by atoms with Crippen LogP contribution in [0.25, 0.3) is 0 Å². The molecule has 0 aromatic rings. The molecule has 476 valence electrons. The zero-order valence-electron chi connectivity index (χ0n) is 54.4. The Hall–Kier alpha value is -3.27. The molecular formula is C73H131NO8. The third kappa shape index (κ3) is 64.3. The van der Waals surface area contributed by atoms with E-state index in [9.17, 15) is 19.5 Å². The van der Waals surface area contributed by atoms with Crippen LogP contribution >= 0.6 is 0 Å². The third-order valence-corrected chi connectivity index (χ3v) is 15.2. The Morgan fingerprint density at radius 1 is 0.378 bits per heavy atom. The van der Waals surface area contributed by atoms with E-state index in [1.165, 1.54) is 186 Å². The molecule has 0 spiro atoms. The molecule has 0 aliphatic heterocycles. The Morgan fingerprint density at radius 3 is 1.04 bits per heavy atom. The number of esters is 2. The van der Waals surface area contributed by atoms with Crippen molar-refractivity contribution in [3.8, 4) is 0 Å². The third-order valence-electron chi connectivity index (χ3n) is 15.2. The summed E-state index contributed by atoms with van der Waals surface area (Å²) in [5.41, 5.74) is 0. The van der Waals surface area contributed by atoms with Gasteiger partial charge in [0.05, 0.1) is 40.3 Å². The molecule has 0 rings (SSSR count). The van der Waals surface area contributed by atoms with Crippen molar-refractivity contribution in [1.29, 1.82) is 0 Å². The van der Waals surface area contributed by atoms with Gasteiger partial charge >= 0.3 is 11.9 Å². The second-order valence-corrected chi connectivity index (χ2v) is 24.4. The number of nitrogens with zero attached hydrogens (tertiary/aromatic N) is 1. The molecule has 0 heterocycles. The lowest BCUT2D eigenvalue weighted by Crippen LogP contribution is -2.44. The normalized spacial score (nSPS) is 13.1. The van der Waals surface area contributed by atoms with Gasteiger partial charge < -0.3 is 33.3 Å². The van der Waals surface area contributed by atoms with Gasteiger partial charge in [0.25, 0.3) is 0 Å². The molecule has 0 aliphatic carbocycles. The maximum atomic E-state index is 12.9. The summed E-state index contributed by atoms with van der Waals surface area (Å²) in [5.74, 6) is -2.29. The number of unbranched alkanes of at least 4 members (excludes halogenated alkanes) is 37. The summed E-state index contributed by atoms with van der Waals surface area (Å²) in [5, 5.41) is 11.8. The SMILES string of the molecule is CC/C=C\C/C=C\C/C=C\C/C=C\C/C=C\C/C=C\CCCCCCCCC(=O)OC(COC(=O)CCCCCCCCCCCCCCCCCCCCCCCCCCCCCCCCCC)COC(OCC[N+](C)(C)C)C(=O)[O-]. The van der Waals surface area contributed by atoms with E-state index in [1.807, 2.05) is 21.1 Å². The first-order valence-electron chi connectivity index (χ1n) is 34.6. The van der Waals surface area contributed by atoms with Crippen molar-refractivity contribution >= 4 is 17.9 Å². The Labute approximate surface area is 507 Å². The van der Waals surface area contributed by atoms with Gasteiger partial charge in [-0.15, -0.1) is 0 Å². The molecule has 0 radical (unpaired) electrons. The fourth-order valence-corrected chi connectivity index (χ4v) is 9.96. The molecule has 9 nitrogen and oxygen atoms in total. The van der Waals surface area contributed by atoms with E-state index >= 15 is 0 Å². The maximum absolute atomic E-state index is 12.9. The number of rotatable bonds is 64. The highest BCUT2D eigenvalue weighted by atomic mass is 16.7. The van der Waals surface area contributed by atoms with E-state index in [1.54, 1.807) is 0 Å². The van der Waals surface area contributed by atoms with Crippen molar-refractivity contribution < 1.29 is 42.9 Å². The van der Waals surface area contributed by atoms with E-state index in [4.69, 9.17) is 18.9 Å². The smallest absolute Gasteiger partial charge is 0.306 e. The number of carbonyl (C=O) groups is 3. The fraction of sp³-hybridized carbons (Fsp3) is 0.795. The average molecular weight is 1150 g/mol. The fourth-order valence-electron chi connectivity index (χ4n) is 9.96. The number of carbonyl (C=O) groups excluding carboxylic acids is 3. The van der Waals surface area contributed by atoms with Gasteiger partial charge in [-0.25, -0.2) is 0 Å². The van der Waals surface area contributed by atoms with Crippen LogP contribution in [0.2, 0.25) is 0 Å². The quantitative estimate of drug-likeness (QED) is 0.0195. The Kier molecular flexibility index (Phi) is 61.2. The summed E-state index contributed by atoms with van der Waals surface area (Å²) >= 11 is 0. The number of allylic oxidation sites excluding steroid dienone is 12. The van der Waals surface area contributed by atoms with Crippen molar-refractivity contribution in [1.82, 2.24) is 0 Å². The number of hydrogen-bond donors (Lipinski definition) is 0. The number of aliphatic carboxylic acids is 1. The van der Waals surface area contributed by atoms with Crippen LogP contribution in [0.3, 0.4) is 0 Å². The number of ether oxygens (including phenoxy) is 4. The number of carboxylic acid groups (broad SMARTS) is 1. The summed E-state index contributed by atoms with van der Waals surface area (Å²) in [4.78, 5) is 37.5. The van der Waals surface area contributed by atoms with Gasteiger partial charge in [0.2, 0.25) is 0 Å². The van der Waals surface area contributed by atoms with Crippen LogP contribution in [0.15, 0.2) is 72.9 Å². The Bertz CT molecular complexity index is 1570. The molecule has 2 unspecified atom stereocenters. The van der Waals surface area contributed by atoms with E-state index in [2.05, 4.69) is 86.8 Å². The summed E-state index contributed by atoms with van der Waals surface area (Å²) in [6.07, 6.45) is 81.3. The monoisotopic (exact) mass is 1150 g/mol. The number of carboxylic acids is 1. The molecule has 0 saturated heterocycles. The lowest BCUT2D eigenvalue weighted by molar-refractivity contribution is -0.870. The van der Waals surface area contributed by atoms with Crippen molar-refractivity contribution in [3.63, 3.8) is 0 Å². The minimum Gasteiger partial charge on any atom is -0.545 e. The van der Waals surface area contributed by atoms with Crippen LogP contribution in [0.4, 0.5) is 0 Å². The van der Waals surface area contributed by atoms with Crippen molar-refractivity contribution in [2.45, 2.75) is 328 Å². The number of quaternary nitrogens is 1. The van der Waals surface area contributed by atoms with E-state index in [0.717, 1.165) is 96.3 Å². The van der Waals surface area contributed by atoms with Crippen molar-refractivity contribution in [2.75, 3.05) is 47.5 Å². The molecule has 0 fully saturated rings. The zero-order chi connectivity index (χ0) is 59.8. The molecule has 0 bridgehead atoms. The highest BCUT2D eigenvalue weighted by molar-refractivity contribution is 5.70. The first kappa shape index (κ1) is 78.7. The highest BCUT2D eigenvalue weighted by Gasteiger charge is 2.22. The summed E-state index contributed by atoms with van der Waals surface area (Å²) < 4.78 is 22.8. The number of likely N-dealkylation sites (N-methyl/N-ethyl adjacent to an activating group) is 1. The van der Waals surface area contributed by atoms with E-state index in [-0.39, 0.29) is 38.6 Å². The van der Waals surface area contributed by atoms with E-state index < -0.39 is 24.3 Å². The molecular weight excluding hydrogens is 1020 g/mol. The Balaban J connectivity index is 4.11. The molecule has 0 amide bonds. The summed E-state index contributed by atoms with van der Waals surface area (Å²) in [6.45, 7) is 4.66. The van der Waals surface area contributed by atoms with Crippen LogP contribution in [0.1, 0.15) is 316 Å². The van der Waals surface area contributed by atoms with Crippen LogP contribution in [0, 0.1) is 0 Å². The summed E-state index contributed by atoms with van der Waals surface area (Å²) in [7, 11) is 5.93. The molecule has 2 atom stereocenters. The highest BCUT2D eigenvalue weighted by Crippen LogP contribution is 2.18. The van der Waals surface area contributed by atoms with Crippen LogP contribution in [-0.4, -0.2) is 82.3 Å². The van der Waals surface area contributed by atoms with Gasteiger partial charge in [-0.2, -0.15) is 0 Å². The minimum absolute atomic E-state index is 0.143. The average Bonchev–Trinajstić information content (AvgIpc) is 3.45. The molecule has 9 heteroatoms. The molecule has 0 saturated carbocycles. The van der Waals surface area contributed by atoms with Gasteiger partial charge in [0, 0.05) is 12.8 Å². The van der Waals surface area contributed by atoms with Crippen LogP contribution < -0.4 is 5.11 Å². The Morgan fingerprint density at radius 2 is 0.695 bits per heavy atom. The van der Waals surface area contributed by atoms with Gasteiger partial charge in [-0.1, -0.05) is 311 Å². The molecule has 82 heavy (non-hydrogen) atoms. The second kappa shape index (κ2) is 63.7. The van der Waals surface area contributed by atoms with Crippen molar-refractivity contribution in [3.05, 3.63) is 72.9 Å². The first-order chi connectivity index (χ1) is 40.1. The number of hydrogen-bond acceptors (Lipinski definition) is 8. The topological polar surface area (TPSA) is 111 Å². The molecule has 0 aliphatic rings. The predicted octanol–water partition coefficient (Wildman–Crippen LogP) is 20.0. The van der Waals surface area contributed by atoms with Crippen molar-refractivity contribution in [2.24, 2.45) is 0 Å². The van der Waals surface area contributed by atoms with Gasteiger partial charge in [-0.05, 0) is 64.2 Å². The summed E-state index contributed by atoms with van der Waals surface area (Å²) in [6, 6.07) is 0. The largest absolute Gasteiger partial charge is 0.545 e. The lowest BCUT2D eigenvalue weighted by Gasteiger charge is -2.26. The van der Waals surface area contributed by atoms with Crippen LogP contribution in [0.5, 0.6) is 0 Å². The zero-order valence-corrected chi connectivity index (χ0v) is 54.4. The van der Waals surface area contributed by atoms with Gasteiger partial charge in [0.15, 0.2) is 12.4 Å². The van der Waals surface area contributed by atoms with Gasteiger partial charge in [-0.3, -0.25) is 9.59 Å². The maximum Gasteiger partial charge on any atom is 0.306 e. The standard InChI is InChI=1S/C73H131NO8/c1-6-8-10-12-14-16-18-20-22-24-26-28-30-32-33-34-35-36-37-38-40-41-43-45-47-49-51-53-55-57-59-61-63-70(75)80-67-69(68-81-73(72(77)78)79-66-65-74(3,4)5)82-71(76)64-62-60-58-56-54-52-50-48-46-44-42-39-31-29-27-25-23-21-19-17-15-13-11-9-7-2/h9,11,15,17,21,23,27,29,39,42,46,48,69,73H,6-8,10,12-14,16,18-20,22,24-26,28,30-38,40-41,43-45,47,49-68H2,1-5H3/b11-9-,17-15-,23-21-,29-27-,42-39-,48-46-. The predicted molar refractivity (Wildman–Crippen MR) is 348 cm³/mol. The van der Waals surface area contributed by atoms with Gasteiger partial charge in [0.1, 0.15) is 13.2 Å². The van der Waals surface area contributed by atoms with E-state index in [0.29, 0.717) is 17.4 Å². The van der Waals surface area contributed by atoms with Crippen LogP contribution in [-0.2, 0) is 33.3 Å². The second-order valence-electron chi connectivity index (χ2n) is 24.4. The molecule has 0 aromatic heterocycles. The first-order valence-corrected chi connectivity index (χ1v) is 34.6. The lowest BCUT2D eigenvalue weighted by atomic mass is 10.0. The molecule has 0 aromatic carbocycles. The minimum atomic E-state index is -1.63. The molecule has 0 N–H and O–H groups in total.